The van der Waals surface area contributed by atoms with Crippen molar-refractivity contribution in [2.75, 3.05) is 26.8 Å². The molecule has 0 saturated carbocycles. The van der Waals surface area contributed by atoms with E-state index in [1.807, 2.05) is 42.6 Å². The molecule has 1 aromatic heterocycles. The number of thiazole rings is 1. The first-order valence-corrected chi connectivity index (χ1v) is 13.0. The summed E-state index contributed by atoms with van der Waals surface area (Å²) in [7, 11) is 1.54. The molecule has 1 N–H and O–H groups in total. The number of rotatable bonds is 10. The zero-order valence-corrected chi connectivity index (χ0v) is 21.5. The summed E-state index contributed by atoms with van der Waals surface area (Å²) in [6, 6.07) is 15.1. The number of nitrogens with zero attached hydrogens (tertiary/aromatic N) is 2. The monoisotopic (exact) mass is 523 g/mol. The molecular formula is C26H25N3O5S2. The highest BCUT2D eigenvalue weighted by molar-refractivity contribution is 8.18. The molecule has 36 heavy (non-hydrogen) atoms. The van der Waals surface area contributed by atoms with Crippen LogP contribution in [0.3, 0.4) is 0 Å². The SMILES string of the molecule is CCOc1ccc(/C=C2\SC(=O)N(CCNC(=O)Cc3csc(-c4ccccc4)n3)C2=O)cc1OC. The molecule has 8 nitrogen and oxygen atoms in total. The molecule has 0 radical (unpaired) electrons. The molecule has 1 aliphatic rings. The Kier molecular flexibility index (Phi) is 8.40. The van der Waals surface area contributed by atoms with Crippen molar-refractivity contribution in [3.8, 4) is 22.1 Å². The first-order chi connectivity index (χ1) is 17.5. The van der Waals surface area contributed by atoms with Crippen LogP contribution in [0.5, 0.6) is 11.5 Å². The minimum Gasteiger partial charge on any atom is -0.493 e. The highest BCUT2D eigenvalue weighted by Gasteiger charge is 2.34. The Labute approximate surface area is 217 Å². The fourth-order valence-electron chi connectivity index (χ4n) is 3.53. The van der Waals surface area contributed by atoms with Crippen molar-refractivity contribution in [1.82, 2.24) is 15.2 Å². The predicted molar refractivity (Wildman–Crippen MR) is 141 cm³/mol. The summed E-state index contributed by atoms with van der Waals surface area (Å²) in [4.78, 5) is 43.5. The Bertz CT molecular complexity index is 1290. The van der Waals surface area contributed by atoms with Gasteiger partial charge >= 0.3 is 0 Å². The second-order valence-corrected chi connectivity index (χ2v) is 9.56. The lowest BCUT2D eigenvalue weighted by Gasteiger charge is -2.13. The van der Waals surface area contributed by atoms with Crippen LogP contribution < -0.4 is 14.8 Å². The Morgan fingerprint density at radius 1 is 1.14 bits per heavy atom. The Hall–Kier alpha value is -3.63. The van der Waals surface area contributed by atoms with Crippen LogP contribution in [0.4, 0.5) is 4.79 Å². The molecule has 0 atom stereocenters. The fraction of sp³-hybridized carbons (Fsp3) is 0.231. The lowest BCUT2D eigenvalue weighted by Crippen LogP contribution is -2.37. The van der Waals surface area contributed by atoms with Gasteiger partial charge in [0, 0.05) is 24.0 Å². The fourth-order valence-corrected chi connectivity index (χ4v) is 5.22. The smallest absolute Gasteiger partial charge is 0.293 e. The second kappa shape index (κ2) is 11.9. The number of amides is 3. The molecule has 1 fully saturated rings. The van der Waals surface area contributed by atoms with Crippen molar-refractivity contribution in [2.45, 2.75) is 13.3 Å². The molecule has 2 heterocycles. The van der Waals surface area contributed by atoms with Gasteiger partial charge in [0.25, 0.3) is 11.1 Å². The molecule has 1 aliphatic heterocycles. The number of carbonyl (C=O) groups excluding carboxylic acids is 3. The van der Waals surface area contributed by atoms with Crippen molar-refractivity contribution in [3.63, 3.8) is 0 Å². The maximum Gasteiger partial charge on any atom is 0.293 e. The second-order valence-electron chi connectivity index (χ2n) is 7.71. The summed E-state index contributed by atoms with van der Waals surface area (Å²) in [5, 5.41) is 5.11. The van der Waals surface area contributed by atoms with Gasteiger partial charge in [-0.05, 0) is 42.5 Å². The van der Waals surface area contributed by atoms with Gasteiger partial charge in [-0.15, -0.1) is 11.3 Å². The number of nitrogens with one attached hydrogen (secondary N) is 1. The number of thioether (sulfide) groups is 1. The van der Waals surface area contributed by atoms with Crippen molar-refractivity contribution in [2.24, 2.45) is 0 Å². The number of imide groups is 1. The number of aromatic nitrogens is 1. The van der Waals surface area contributed by atoms with Crippen LogP contribution in [0, 0.1) is 0 Å². The van der Waals surface area contributed by atoms with E-state index in [0.717, 1.165) is 27.2 Å². The van der Waals surface area contributed by atoms with E-state index < -0.39 is 0 Å². The molecule has 0 unspecified atom stereocenters. The Balaban J connectivity index is 1.30. The number of methoxy groups -OCH3 is 1. The number of hydrogen-bond acceptors (Lipinski definition) is 8. The van der Waals surface area contributed by atoms with Gasteiger partial charge in [0.1, 0.15) is 5.01 Å². The quantitative estimate of drug-likeness (QED) is 0.388. The first kappa shape index (κ1) is 25.5. The van der Waals surface area contributed by atoms with Crippen LogP contribution in [-0.2, 0) is 16.0 Å². The van der Waals surface area contributed by atoms with Crippen LogP contribution in [0.15, 0.2) is 58.8 Å². The van der Waals surface area contributed by atoms with Crippen LogP contribution in [0.25, 0.3) is 16.6 Å². The molecule has 0 aliphatic carbocycles. The summed E-state index contributed by atoms with van der Waals surface area (Å²) in [6.07, 6.45) is 1.78. The molecule has 4 rings (SSSR count). The molecule has 3 amide bonds. The summed E-state index contributed by atoms with van der Waals surface area (Å²) >= 11 is 2.35. The molecule has 3 aromatic rings. The van der Waals surface area contributed by atoms with Crippen molar-refractivity contribution in [1.29, 1.82) is 0 Å². The van der Waals surface area contributed by atoms with Gasteiger partial charge in [-0.1, -0.05) is 36.4 Å². The zero-order valence-electron chi connectivity index (χ0n) is 19.9. The summed E-state index contributed by atoms with van der Waals surface area (Å²) in [5.74, 6) is 0.543. The normalized spacial score (nSPS) is 14.4. The van der Waals surface area contributed by atoms with E-state index in [9.17, 15) is 14.4 Å². The third kappa shape index (κ3) is 6.13. The van der Waals surface area contributed by atoms with Crippen molar-refractivity contribution in [3.05, 3.63) is 70.1 Å². The van der Waals surface area contributed by atoms with Gasteiger partial charge in [0.05, 0.1) is 30.7 Å². The third-order valence-corrected chi connectivity index (χ3v) is 7.08. The average molecular weight is 524 g/mol. The summed E-state index contributed by atoms with van der Waals surface area (Å²) < 4.78 is 10.9. The van der Waals surface area contributed by atoms with Gasteiger partial charge in [-0.2, -0.15) is 0 Å². The van der Waals surface area contributed by atoms with Crippen LogP contribution in [-0.4, -0.2) is 53.7 Å². The highest BCUT2D eigenvalue weighted by atomic mass is 32.2. The molecule has 0 bridgehead atoms. The summed E-state index contributed by atoms with van der Waals surface area (Å²) in [5.41, 5.74) is 2.40. The van der Waals surface area contributed by atoms with Crippen LogP contribution in [0.2, 0.25) is 0 Å². The number of carbonyl (C=O) groups is 3. The summed E-state index contributed by atoms with van der Waals surface area (Å²) in [6.45, 7) is 2.64. The van der Waals surface area contributed by atoms with Gasteiger partial charge in [-0.3, -0.25) is 19.3 Å². The van der Waals surface area contributed by atoms with E-state index in [1.54, 1.807) is 31.4 Å². The maximum absolute atomic E-state index is 12.8. The van der Waals surface area contributed by atoms with Crippen molar-refractivity contribution < 1.29 is 23.9 Å². The minimum absolute atomic E-state index is 0.0900. The van der Waals surface area contributed by atoms with Crippen LogP contribution >= 0.6 is 23.1 Å². The van der Waals surface area contributed by atoms with E-state index in [2.05, 4.69) is 10.3 Å². The standard InChI is InChI=1S/C26H25N3O5S2/c1-3-34-20-10-9-17(13-21(20)33-2)14-22-25(31)29(26(32)36-22)12-11-27-23(30)15-19-16-35-24(28-19)18-7-5-4-6-8-18/h4-10,13-14,16H,3,11-12,15H2,1-2H3,(H,27,30)/b22-14-. The minimum atomic E-state index is -0.390. The Morgan fingerprint density at radius 3 is 2.69 bits per heavy atom. The number of benzene rings is 2. The highest BCUT2D eigenvalue weighted by Crippen LogP contribution is 2.34. The van der Waals surface area contributed by atoms with E-state index in [-0.39, 0.29) is 36.6 Å². The molecule has 0 spiro atoms. The van der Waals surface area contributed by atoms with Gasteiger partial charge in [0.2, 0.25) is 5.91 Å². The van der Waals surface area contributed by atoms with E-state index in [1.165, 1.54) is 11.3 Å². The number of ether oxygens (including phenoxy) is 2. The number of hydrogen-bond donors (Lipinski definition) is 1. The lowest BCUT2D eigenvalue weighted by molar-refractivity contribution is -0.124. The zero-order chi connectivity index (χ0) is 25.5. The molecule has 10 heteroatoms. The van der Waals surface area contributed by atoms with Crippen molar-refractivity contribution >= 4 is 46.2 Å². The van der Waals surface area contributed by atoms with Gasteiger partial charge in [-0.25, -0.2) is 4.98 Å². The largest absolute Gasteiger partial charge is 0.493 e. The molecule has 186 valence electrons. The topological polar surface area (TPSA) is 97.8 Å². The molecule has 1 saturated heterocycles. The van der Waals surface area contributed by atoms with E-state index >= 15 is 0 Å². The predicted octanol–water partition coefficient (Wildman–Crippen LogP) is 4.61. The first-order valence-electron chi connectivity index (χ1n) is 11.3. The third-order valence-electron chi connectivity index (χ3n) is 5.23. The van der Waals surface area contributed by atoms with Gasteiger partial charge in [0.15, 0.2) is 11.5 Å². The maximum atomic E-state index is 12.8. The average Bonchev–Trinajstić information content (AvgIpc) is 3.45. The lowest BCUT2D eigenvalue weighted by atomic mass is 10.2. The van der Waals surface area contributed by atoms with E-state index in [0.29, 0.717) is 34.3 Å². The molecule has 2 aromatic carbocycles. The Morgan fingerprint density at radius 2 is 1.94 bits per heavy atom. The van der Waals surface area contributed by atoms with Crippen LogP contribution in [0.1, 0.15) is 18.2 Å². The molecular weight excluding hydrogens is 498 g/mol. The van der Waals surface area contributed by atoms with E-state index in [4.69, 9.17) is 9.47 Å². The van der Waals surface area contributed by atoms with Gasteiger partial charge < -0.3 is 14.8 Å².